The van der Waals surface area contributed by atoms with Crippen LogP contribution in [0.4, 0.5) is 0 Å². The number of rotatable bonds is 10. The first-order valence-electron chi connectivity index (χ1n) is 12.0. The Morgan fingerprint density at radius 1 is 0.757 bits per heavy atom. The zero-order valence-corrected chi connectivity index (χ0v) is 21.5. The first kappa shape index (κ1) is 26.9. The highest BCUT2D eigenvalue weighted by atomic mass is 32.2. The summed E-state index contributed by atoms with van der Waals surface area (Å²) in [5.74, 6) is -1.22. The smallest absolute Gasteiger partial charge is 0.339 e. The average molecular weight is 523 g/mol. The molecule has 5 atom stereocenters. The second-order valence-electron chi connectivity index (χ2n) is 8.48. The molecule has 4 rings (SSSR count). The van der Waals surface area contributed by atoms with Crippen molar-refractivity contribution in [2.45, 2.75) is 54.9 Å². The maximum atomic E-state index is 12.8. The van der Waals surface area contributed by atoms with Crippen molar-refractivity contribution in [2.24, 2.45) is 0 Å². The minimum Gasteiger partial charge on any atom is -0.467 e. The van der Waals surface area contributed by atoms with Gasteiger partial charge < -0.3 is 23.7 Å². The van der Waals surface area contributed by atoms with Crippen LogP contribution in [0.2, 0.25) is 0 Å². The number of ether oxygens (including phenoxy) is 5. The van der Waals surface area contributed by atoms with Crippen molar-refractivity contribution in [1.29, 1.82) is 0 Å². The molecule has 0 saturated carbocycles. The number of hydrogen-bond acceptors (Lipinski definition) is 8. The van der Waals surface area contributed by atoms with E-state index in [0.717, 1.165) is 16.0 Å². The molecule has 8 heteroatoms. The molecule has 1 fully saturated rings. The maximum Gasteiger partial charge on any atom is 0.339 e. The van der Waals surface area contributed by atoms with Crippen molar-refractivity contribution in [2.75, 3.05) is 7.11 Å². The molecule has 0 bridgehead atoms. The topological polar surface area (TPSA) is 80.3 Å². The SMILES string of the molecule is COC(=O)[C@H]1O[C@H](Sc2ccccc2)[C@H](OCc2ccccc2)[C@@H](OCc2ccccc2)[C@@H]1OC(C)=O. The first-order chi connectivity index (χ1) is 18.0. The molecule has 1 aliphatic heterocycles. The lowest BCUT2D eigenvalue weighted by atomic mass is 9.98. The molecule has 0 unspecified atom stereocenters. The van der Waals surface area contributed by atoms with Gasteiger partial charge in [0.2, 0.25) is 0 Å². The number of hydrogen-bond donors (Lipinski definition) is 0. The second kappa shape index (κ2) is 13.4. The molecule has 3 aromatic rings. The lowest BCUT2D eigenvalue weighted by Gasteiger charge is -2.44. The van der Waals surface area contributed by atoms with Crippen molar-refractivity contribution < 1.29 is 33.3 Å². The summed E-state index contributed by atoms with van der Waals surface area (Å²) in [7, 11) is 1.27. The van der Waals surface area contributed by atoms with Crippen molar-refractivity contribution in [3.63, 3.8) is 0 Å². The van der Waals surface area contributed by atoms with Crippen LogP contribution in [0.25, 0.3) is 0 Å². The highest BCUT2D eigenvalue weighted by Gasteiger charge is 2.52. The number of esters is 2. The molecule has 1 saturated heterocycles. The van der Waals surface area contributed by atoms with Crippen LogP contribution in [0.1, 0.15) is 18.1 Å². The number of carbonyl (C=O) groups excluding carboxylic acids is 2. The second-order valence-corrected chi connectivity index (χ2v) is 9.65. The van der Waals surface area contributed by atoms with Crippen LogP contribution < -0.4 is 0 Å². The van der Waals surface area contributed by atoms with Gasteiger partial charge in [-0.2, -0.15) is 0 Å². The van der Waals surface area contributed by atoms with Gasteiger partial charge in [0.25, 0.3) is 0 Å². The molecule has 0 amide bonds. The summed E-state index contributed by atoms with van der Waals surface area (Å²) in [5.41, 5.74) is 1.24. The third-order valence-corrected chi connectivity index (χ3v) is 6.95. The van der Waals surface area contributed by atoms with Gasteiger partial charge in [-0.15, -0.1) is 0 Å². The fourth-order valence-corrected chi connectivity index (χ4v) is 5.19. The summed E-state index contributed by atoms with van der Waals surface area (Å²) in [4.78, 5) is 25.9. The Hall–Kier alpha value is -3.17. The van der Waals surface area contributed by atoms with Crippen LogP contribution >= 0.6 is 11.8 Å². The molecule has 1 heterocycles. The predicted molar refractivity (Wildman–Crippen MR) is 139 cm³/mol. The van der Waals surface area contributed by atoms with Gasteiger partial charge in [0.15, 0.2) is 12.2 Å². The zero-order valence-electron chi connectivity index (χ0n) is 20.7. The molecule has 0 aliphatic carbocycles. The first-order valence-corrected chi connectivity index (χ1v) is 12.9. The van der Waals surface area contributed by atoms with E-state index < -0.39 is 41.8 Å². The van der Waals surface area contributed by atoms with Gasteiger partial charge in [0, 0.05) is 11.8 Å². The molecule has 7 nitrogen and oxygen atoms in total. The number of thioether (sulfide) groups is 1. The predicted octanol–water partition coefficient (Wildman–Crippen LogP) is 4.78. The van der Waals surface area contributed by atoms with Crippen LogP contribution in [0, 0.1) is 0 Å². The molecule has 37 heavy (non-hydrogen) atoms. The van der Waals surface area contributed by atoms with Gasteiger partial charge in [-0.05, 0) is 23.3 Å². The van der Waals surface area contributed by atoms with Crippen LogP contribution in [0.5, 0.6) is 0 Å². The molecule has 3 aromatic carbocycles. The Morgan fingerprint density at radius 3 is 1.78 bits per heavy atom. The minimum absolute atomic E-state index is 0.227. The van der Waals surface area contributed by atoms with E-state index in [4.69, 9.17) is 23.7 Å². The van der Waals surface area contributed by atoms with Gasteiger partial charge in [-0.1, -0.05) is 90.6 Å². The van der Waals surface area contributed by atoms with E-state index in [2.05, 4.69) is 0 Å². The Bertz CT molecular complexity index is 1130. The molecule has 0 radical (unpaired) electrons. The number of methoxy groups -OCH3 is 1. The molecular weight excluding hydrogens is 492 g/mol. The van der Waals surface area contributed by atoms with Crippen molar-refractivity contribution in [1.82, 2.24) is 0 Å². The van der Waals surface area contributed by atoms with Gasteiger partial charge in [0.05, 0.1) is 20.3 Å². The Labute approximate surface area is 221 Å². The van der Waals surface area contributed by atoms with Crippen molar-refractivity contribution in [3.8, 4) is 0 Å². The van der Waals surface area contributed by atoms with E-state index >= 15 is 0 Å². The fraction of sp³-hybridized carbons (Fsp3) is 0.310. The number of benzene rings is 3. The van der Waals surface area contributed by atoms with Crippen LogP contribution in [0.3, 0.4) is 0 Å². The lowest BCUT2D eigenvalue weighted by molar-refractivity contribution is -0.243. The summed E-state index contributed by atoms with van der Waals surface area (Å²) in [6.07, 6.45) is -3.75. The minimum atomic E-state index is -1.19. The molecule has 0 N–H and O–H groups in total. The Balaban J connectivity index is 1.69. The van der Waals surface area contributed by atoms with Gasteiger partial charge >= 0.3 is 11.9 Å². The third kappa shape index (κ3) is 7.42. The van der Waals surface area contributed by atoms with E-state index in [1.807, 2.05) is 91.0 Å². The zero-order chi connectivity index (χ0) is 26.0. The highest BCUT2D eigenvalue weighted by molar-refractivity contribution is 7.99. The normalized spacial score (nSPS) is 23.2. The third-order valence-electron chi connectivity index (χ3n) is 5.80. The summed E-state index contributed by atoms with van der Waals surface area (Å²) >= 11 is 1.41. The summed E-state index contributed by atoms with van der Waals surface area (Å²) in [6.45, 7) is 1.79. The Morgan fingerprint density at radius 2 is 1.27 bits per heavy atom. The molecular formula is C29H30O7S. The monoisotopic (exact) mass is 522 g/mol. The standard InChI is InChI=1S/C29H30O7S/c1-20(30)35-25-24(33-18-21-12-6-3-7-13-21)27(34-19-22-14-8-4-9-15-22)29(36-26(25)28(31)32-2)37-23-16-10-5-11-17-23/h3-17,24-27,29H,18-19H2,1-2H3/t24-,25-,26-,27+,29+/m0/s1. The van der Waals surface area contributed by atoms with E-state index in [1.54, 1.807) is 0 Å². The van der Waals surface area contributed by atoms with E-state index in [0.29, 0.717) is 0 Å². The maximum absolute atomic E-state index is 12.8. The molecule has 1 aliphatic rings. The van der Waals surface area contributed by atoms with Crippen molar-refractivity contribution >= 4 is 23.7 Å². The summed E-state index contributed by atoms with van der Waals surface area (Å²) < 4.78 is 29.7. The van der Waals surface area contributed by atoms with Gasteiger partial charge in [0.1, 0.15) is 17.6 Å². The Kier molecular flexibility index (Phi) is 9.73. The fourth-order valence-electron chi connectivity index (χ4n) is 4.06. The van der Waals surface area contributed by atoms with E-state index in [1.165, 1.54) is 25.8 Å². The van der Waals surface area contributed by atoms with Crippen LogP contribution in [-0.2, 0) is 46.5 Å². The van der Waals surface area contributed by atoms with Crippen LogP contribution in [0.15, 0.2) is 95.9 Å². The molecule has 0 aromatic heterocycles. The largest absolute Gasteiger partial charge is 0.467 e. The van der Waals surface area contributed by atoms with Crippen molar-refractivity contribution in [3.05, 3.63) is 102 Å². The average Bonchev–Trinajstić information content (AvgIpc) is 2.93. The quantitative estimate of drug-likeness (QED) is 0.352. The molecule has 194 valence electrons. The molecule has 0 spiro atoms. The highest BCUT2D eigenvalue weighted by Crippen LogP contribution is 2.38. The number of carbonyl (C=O) groups is 2. The summed E-state index contributed by atoms with van der Waals surface area (Å²) in [5, 5.41) is 0. The van der Waals surface area contributed by atoms with E-state index in [9.17, 15) is 9.59 Å². The van der Waals surface area contributed by atoms with E-state index in [-0.39, 0.29) is 13.2 Å². The van der Waals surface area contributed by atoms with Gasteiger partial charge in [-0.25, -0.2) is 4.79 Å². The van der Waals surface area contributed by atoms with Gasteiger partial charge in [-0.3, -0.25) is 4.79 Å². The lowest BCUT2D eigenvalue weighted by Crippen LogP contribution is -2.61. The summed E-state index contributed by atoms with van der Waals surface area (Å²) in [6, 6.07) is 29.0. The van der Waals surface area contributed by atoms with Crippen LogP contribution in [-0.4, -0.2) is 48.9 Å².